The zero-order valence-electron chi connectivity index (χ0n) is 8.23. The van der Waals surface area contributed by atoms with Crippen molar-refractivity contribution in [1.29, 1.82) is 0 Å². The molecule has 0 saturated carbocycles. The highest BCUT2D eigenvalue weighted by Crippen LogP contribution is 2.16. The summed E-state index contributed by atoms with van der Waals surface area (Å²) in [5, 5.41) is 1.08. The molecule has 0 fully saturated rings. The van der Waals surface area contributed by atoms with Crippen molar-refractivity contribution < 1.29 is 9.63 Å². The molecule has 0 aliphatic rings. The Morgan fingerprint density at radius 2 is 2.27 bits per heavy atom. The number of nitrogens with zero attached hydrogens (tertiary/aromatic N) is 2. The van der Waals surface area contributed by atoms with Crippen LogP contribution in [0.5, 0.6) is 0 Å². The summed E-state index contributed by atoms with van der Waals surface area (Å²) in [7, 11) is 2.90. The van der Waals surface area contributed by atoms with Gasteiger partial charge in [-0.05, 0) is 22.0 Å². The minimum atomic E-state index is -0.334. The van der Waals surface area contributed by atoms with Crippen LogP contribution in [0, 0.1) is 0 Å². The predicted octanol–water partition coefficient (Wildman–Crippen LogP) is 1.48. The largest absolute Gasteiger partial charge is 0.383 e. The van der Waals surface area contributed by atoms with E-state index in [4.69, 9.17) is 10.6 Å². The first-order valence-corrected chi connectivity index (χ1v) is 4.58. The van der Waals surface area contributed by atoms with Gasteiger partial charge >= 0.3 is 0 Å². The minimum Gasteiger partial charge on any atom is -0.383 e. The molecule has 0 aromatic carbocycles. The summed E-state index contributed by atoms with van der Waals surface area (Å²) in [6.07, 6.45) is 1.53. The van der Waals surface area contributed by atoms with E-state index in [0.717, 1.165) is 5.06 Å². The standard InChI is InChI=1S/C8H10BrN3O2.ClH/c1-12(14-2)8(13)6-3-5(9)4-11-7(6)10;/h3-4H,1-2H3,(H2,10,11);1H. The normalized spacial score (nSPS) is 9.27. The van der Waals surface area contributed by atoms with Crippen LogP contribution in [0.2, 0.25) is 0 Å². The van der Waals surface area contributed by atoms with Gasteiger partial charge in [0.05, 0.1) is 12.7 Å². The molecular weight excluding hydrogens is 285 g/mol. The third kappa shape index (κ3) is 3.33. The lowest BCUT2D eigenvalue weighted by molar-refractivity contribution is -0.0756. The highest BCUT2D eigenvalue weighted by molar-refractivity contribution is 9.10. The van der Waals surface area contributed by atoms with Crippen LogP contribution in [0.15, 0.2) is 16.7 Å². The van der Waals surface area contributed by atoms with Crippen LogP contribution in [0.1, 0.15) is 10.4 Å². The van der Waals surface area contributed by atoms with Crippen LogP contribution in [0.25, 0.3) is 0 Å². The monoisotopic (exact) mass is 295 g/mol. The van der Waals surface area contributed by atoms with Crippen LogP contribution in [-0.2, 0) is 4.84 Å². The van der Waals surface area contributed by atoms with Gasteiger partial charge in [0.1, 0.15) is 5.82 Å². The Kier molecular flexibility index (Phi) is 5.56. The van der Waals surface area contributed by atoms with Gasteiger partial charge in [-0.25, -0.2) is 10.0 Å². The van der Waals surface area contributed by atoms with Crippen molar-refractivity contribution in [2.24, 2.45) is 0 Å². The van der Waals surface area contributed by atoms with Crippen LogP contribution in [0.3, 0.4) is 0 Å². The van der Waals surface area contributed by atoms with Crippen molar-refractivity contribution in [3.05, 3.63) is 22.3 Å². The third-order valence-electron chi connectivity index (χ3n) is 1.68. The molecule has 7 heteroatoms. The number of halogens is 2. The average molecular weight is 297 g/mol. The van der Waals surface area contributed by atoms with Crippen molar-refractivity contribution in [3.8, 4) is 0 Å². The fourth-order valence-corrected chi connectivity index (χ4v) is 1.20. The molecule has 84 valence electrons. The lowest BCUT2D eigenvalue weighted by atomic mass is 10.2. The quantitative estimate of drug-likeness (QED) is 0.839. The molecule has 0 saturated heterocycles. The number of rotatable bonds is 2. The Labute approximate surface area is 102 Å². The fraction of sp³-hybridized carbons (Fsp3) is 0.250. The number of anilines is 1. The maximum Gasteiger partial charge on any atom is 0.280 e. The number of nitrogen functional groups attached to an aromatic ring is 1. The molecule has 1 aromatic rings. The van der Waals surface area contributed by atoms with Gasteiger partial charge in [-0.15, -0.1) is 12.4 Å². The number of nitrogens with two attached hydrogens (primary N) is 1. The molecular formula is C8H11BrClN3O2. The molecule has 0 atom stereocenters. The van der Waals surface area contributed by atoms with E-state index in [1.807, 2.05) is 0 Å². The van der Waals surface area contributed by atoms with Gasteiger partial charge in [0.2, 0.25) is 0 Å². The summed E-state index contributed by atoms with van der Waals surface area (Å²) in [6.45, 7) is 0. The lowest BCUT2D eigenvalue weighted by Gasteiger charge is -2.14. The van der Waals surface area contributed by atoms with E-state index in [-0.39, 0.29) is 24.1 Å². The number of carbonyl (C=O) groups excluding carboxylic acids is 1. The van der Waals surface area contributed by atoms with Gasteiger partial charge in [0.25, 0.3) is 5.91 Å². The molecule has 1 rings (SSSR count). The molecule has 2 N–H and O–H groups in total. The smallest absolute Gasteiger partial charge is 0.280 e. The zero-order valence-corrected chi connectivity index (χ0v) is 10.6. The van der Waals surface area contributed by atoms with Gasteiger partial charge in [0, 0.05) is 17.7 Å². The van der Waals surface area contributed by atoms with Crippen LogP contribution in [0.4, 0.5) is 5.82 Å². The summed E-state index contributed by atoms with van der Waals surface area (Å²) in [6, 6.07) is 1.60. The predicted molar refractivity (Wildman–Crippen MR) is 62.7 cm³/mol. The first-order chi connectivity index (χ1) is 6.56. The number of hydroxylamine groups is 2. The molecule has 1 amide bonds. The van der Waals surface area contributed by atoms with Crippen molar-refractivity contribution in [3.63, 3.8) is 0 Å². The summed E-state index contributed by atoms with van der Waals surface area (Å²) in [4.78, 5) is 20.2. The lowest BCUT2D eigenvalue weighted by Crippen LogP contribution is -2.26. The Hall–Kier alpha value is -0.850. The van der Waals surface area contributed by atoms with Crippen LogP contribution >= 0.6 is 28.3 Å². The van der Waals surface area contributed by atoms with Crippen molar-refractivity contribution in [1.82, 2.24) is 10.0 Å². The van der Waals surface area contributed by atoms with E-state index in [9.17, 15) is 4.79 Å². The molecule has 1 heterocycles. The Morgan fingerprint density at radius 1 is 1.67 bits per heavy atom. The van der Waals surface area contributed by atoms with E-state index in [1.54, 1.807) is 6.07 Å². The van der Waals surface area contributed by atoms with E-state index in [1.165, 1.54) is 20.4 Å². The number of hydrogen-bond acceptors (Lipinski definition) is 4. The minimum absolute atomic E-state index is 0. The van der Waals surface area contributed by atoms with Gasteiger partial charge < -0.3 is 5.73 Å². The van der Waals surface area contributed by atoms with Gasteiger partial charge in [-0.3, -0.25) is 9.63 Å². The summed E-state index contributed by atoms with van der Waals surface area (Å²) in [5.41, 5.74) is 5.86. The molecule has 1 aromatic heterocycles. The number of carbonyl (C=O) groups is 1. The van der Waals surface area contributed by atoms with Crippen molar-refractivity contribution >= 4 is 40.1 Å². The molecule has 15 heavy (non-hydrogen) atoms. The van der Waals surface area contributed by atoms with Crippen LogP contribution < -0.4 is 5.73 Å². The third-order valence-corrected chi connectivity index (χ3v) is 2.11. The van der Waals surface area contributed by atoms with E-state index < -0.39 is 0 Å². The SMILES string of the molecule is CON(C)C(=O)c1cc(Br)cnc1N.Cl. The molecule has 0 bridgehead atoms. The number of amides is 1. The van der Waals surface area contributed by atoms with Crippen LogP contribution in [-0.4, -0.2) is 30.1 Å². The highest BCUT2D eigenvalue weighted by atomic mass is 79.9. The highest BCUT2D eigenvalue weighted by Gasteiger charge is 2.15. The van der Waals surface area contributed by atoms with E-state index >= 15 is 0 Å². The molecule has 0 spiro atoms. The fourth-order valence-electron chi connectivity index (χ4n) is 0.874. The van der Waals surface area contributed by atoms with Gasteiger partial charge in [-0.2, -0.15) is 0 Å². The number of hydrogen-bond donors (Lipinski definition) is 1. The van der Waals surface area contributed by atoms with E-state index in [2.05, 4.69) is 20.9 Å². The second-order valence-electron chi connectivity index (χ2n) is 2.57. The summed E-state index contributed by atoms with van der Waals surface area (Å²) < 4.78 is 0.694. The molecule has 0 aliphatic carbocycles. The summed E-state index contributed by atoms with van der Waals surface area (Å²) >= 11 is 3.21. The summed E-state index contributed by atoms with van der Waals surface area (Å²) in [5.74, 6) is -0.152. The Bertz CT molecular complexity index is 362. The second-order valence-corrected chi connectivity index (χ2v) is 3.49. The Morgan fingerprint density at radius 3 is 2.80 bits per heavy atom. The first-order valence-electron chi connectivity index (χ1n) is 3.79. The Balaban J connectivity index is 0.00000196. The first kappa shape index (κ1) is 14.2. The van der Waals surface area contributed by atoms with Crippen molar-refractivity contribution in [2.75, 3.05) is 19.9 Å². The molecule has 0 unspecified atom stereocenters. The van der Waals surface area contributed by atoms with Gasteiger partial charge in [0.15, 0.2) is 0 Å². The number of pyridine rings is 1. The molecule has 0 aliphatic heterocycles. The molecule has 5 nitrogen and oxygen atoms in total. The number of aromatic nitrogens is 1. The second kappa shape index (κ2) is 5.89. The zero-order chi connectivity index (χ0) is 10.7. The molecule has 0 radical (unpaired) electrons. The maximum atomic E-state index is 11.6. The topological polar surface area (TPSA) is 68.5 Å². The van der Waals surface area contributed by atoms with Gasteiger partial charge in [-0.1, -0.05) is 0 Å². The van der Waals surface area contributed by atoms with E-state index in [0.29, 0.717) is 10.0 Å². The average Bonchev–Trinajstić information content (AvgIpc) is 2.19. The maximum absolute atomic E-state index is 11.6. The van der Waals surface area contributed by atoms with Crippen molar-refractivity contribution in [2.45, 2.75) is 0 Å².